The summed E-state index contributed by atoms with van der Waals surface area (Å²) in [7, 11) is 1.64. The third-order valence-corrected chi connectivity index (χ3v) is 5.61. The van der Waals surface area contributed by atoms with Gasteiger partial charge in [0.1, 0.15) is 0 Å². The molecule has 1 atom stereocenters. The van der Waals surface area contributed by atoms with Gasteiger partial charge in [0.05, 0.1) is 18.2 Å². The van der Waals surface area contributed by atoms with Crippen LogP contribution in [0.4, 0.5) is 5.69 Å². The molecule has 1 fully saturated rings. The lowest BCUT2D eigenvalue weighted by atomic mass is 9.85. The van der Waals surface area contributed by atoms with E-state index in [0.29, 0.717) is 5.88 Å². The highest BCUT2D eigenvalue weighted by atomic mass is 35.5. The van der Waals surface area contributed by atoms with Crippen molar-refractivity contribution in [2.45, 2.75) is 18.9 Å². The number of halogens is 1. The van der Waals surface area contributed by atoms with Gasteiger partial charge in [-0.3, -0.25) is 0 Å². The molecule has 1 aliphatic heterocycles. The van der Waals surface area contributed by atoms with E-state index in [1.807, 2.05) is 24.3 Å². The number of rotatable bonds is 4. The molecule has 0 spiro atoms. The summed E-state index contributed by atoms with van der Waals surface area (Å²) in [4.78, 5) is 4.56. The monoisotopic (exact) mass is 367 g/mol. The molecule has 0 amide bonds. The lowest BCUT2D eigenvalue weighted by Crippen LogP contribution is -2.38. The number of aromatic nitrogens is 1. The number of ether oxygens (including phenoxy) is 1. The van der Waals surface area contributed by atoms with E-state index >= 15 is 0 Å². The van der Waals surface area contributed by atoms with Gasteiger partial charge in [-0.05, 0) is 55.3 Å². The van der Waals surface area contributed by atoms with Gasteiger partial charge in [0.25, 0.3) is 0 Å². The van der Waals surface area contributed by atoms with Crippen LogP contribution in [0.15, 0.2) is 48.5 Å². The summed E-state index contributed by atoms with van der Waals surface area (Å²) in [5, 5.41) is 9.16. The second-order valence-corrected chi connectivity index (χ2v) is 7.21. The van der Waals surface area contributed by atoms with Crippen LogP contribution in [0.25, 0.3) is 10.9 Å². The average molecular weight is 368 g/mol. The van der Waals surface area contributed by atoms with E-state index in [2.05, 4.69) is 46.8 Å². The Bertz CT molecular complexity index is 951. The molecule has 2 N–H and O–H groups in total. The van der Waals surface area contributed by atoms with Crippen LogP contribution in [0.5, 0.6) is 5.88 Å². The Kier molecular flexibility index (Phi) is 4.47. The lowest BCUT2D eigenvalue weighted by molar-refractivity contribution is 0.399. The molecule has 1 unspecified atom stereocenters. The van der Waals surface area contributed by atoms with Gasteiger partial charge in [-0.1, -0.05) is 29.8 Å². The average Bonchev–Trinajstić information content (AvgIpc) is 3.12. The Balaban J connectivity index is 1.75. The topological polar surface area (TPSA) is 46.2 Å². The molecule has 0 bridgehead atoms. The quantitative estimate of drug-likeness (QED) is 0.712. The van der Waals surface area contributed by atoms with E-state index in [1.54, 1.807) is 7.11 Å². The van der Waals surface area contributed by atoms with Gasteiger partial charge in [-0.15, -0.1) is 0 Å². The second-order valence-electron chi connectivity index (χ2n) is 6.81. The largest absolute Gasteiger partial charge is 0.481 e. The SMILES string of the molecule is COc1ccc2ccc(NC3(c4cccc(Cl)c4C)CCNC3)cc2n1. The number of pyridine rings is 1. The van der Waals surface area contributed by atoms with Crippen LogP contribution in [0.3, 0.4) is 0 Å². The van der Waals surface area contributed by atoms with Crippen molar-refractivity contribution in [2.24, 2.45) is 0 Å². The minimum atomic E-state index is -0.179. The zero-order valence-electron chi connectivity index (χ0n) is 15.0. The van der Waals surface area contributed by atoms with Crippen molar-refractivity contribution in [3.05, 3.63) is 64.7 Å². The summed E-state index contributed by atoms with van der Waals surface area (Å²) in [5.74, 6) is 0.623. The maximum absolute atomic E-state index is 6.40. The number of nitrogens with zero attached hydrogens (tertiary/aromatic N) is 1. The first-order chi connectivity index (χ1) is 12.6. The highest BCUT2D eigenvalue weighted by molar-refractivity contribution is 6.31. The molecule has 0 aliphatic carbocycles. The molecule has 5 heteroatoms. The van der Waals surface area contributed by atoms with Gasteiger partial charge < -0.3 is 15.4 Å². The molecule has 0 saturated carbocycles. The van der Waals surface area contributed by atoms with Crippen molar-refractivity contribution >= 4 is 28.2 Å². The summed E-state index contributed by atoms with van der Waals surface area (Å²) in [6, 6.07) is 16.3. The summed E-state index contributed by atoms with van der Waals surface area (Å²) in [5.41, 5.74) is 4.15. The van der Waals surface area contributed by atoms with E-state index in [1.165, 1.54) is 5.56 Å². The van der Waals surface area contributed by atoms with Crippen molar-refractivity contribution in [3.8, 4) is 5.88 Å². The molecule has 1 aliphatic rings. The van der Waals surface area contributed by atoms with Crippen molar-refractivity contribution < 1.29 is 4.74 Å². The van der Waals surface area contributed by atoms with E-state index in [0.717, 1.165) is 46.7 Å². The fourth-order valence-corrected chi connectivity index (χ4v) is 3.96. The third kappa shape index (κ3) is 3.00. The second kappa shape index (κ2) is 6.78. The number of hydrogen-bond donors (Lipinski definition) is 2. The van der Waals surface area contributed by atoms with Crippen LogP contribution in [-0.2, 0) is 5.54 Å². The van der Waals surface area contributed by atoms with Gasteiger partial charge in [-0.25, -0.2) is 4.98 Å². The predicted octanol–water partition coefficient (Wildman–Crippen LogP) is 4.51. The lowest BCUT2D eigenvalue weighted by Gasteiger charge is -2.33. The molecular formula is C21H22ClN3O. The Hall–Kier alpha value is -2.30. The highest BCUT2D eigenvalue weighted by Crippen LogP contribution is 2.36. The van der Waals surface area contributed by atoms with Crippen molar-refractivity contribution in [2.75, 3.05) is 25.5 Å². The van der Waals surface area contributed by atoms with E-state index < -0.39 is 0 Å². The zero-order chi connectivity index (χ0) is 18.1. The molecule has 1 aromatic heterocycles. The van der Waals surface area contributed by atoms with Crippen LogP contribution >= 0.6 is 11.6 Å². The van der Waals surface area contributed by atoms with Crippen molar-refractivity contribution in [1.82, 2.24) is 10.3 Å². The number of benzene rings is 2. The van der Waals surface area contributed by atoms with Crippen molar-refractivity contribution in [3.63, 3.8) is 0 Å². The summed E-state index contributed by atoms with van der Waals surface area (Å²) >= 11 is 6.40. The Morgan fingerprint density at radius 1 is 1.19 bits per heavy atom. The fourth-order valence-electron chi connectivity index (χ4n) is 3.79. The maximum Gasteiger partial charge on any atom is 0.213 e. The van der Waals surface area contributed by atoms with Gasteiger partial charge >= 0.3 is 0 Å². The Labute approximate surface area is 158 Å². The molecule has 2 heterocycles. The van der Waals surface area contributed by atoms with Crippen molar-refractivity contribution in [1.29, 1.82) is 0 Å². The number of fused-ring (bicyclic) bond motifs is 1. The van der Waals surface area contributed by atoms with Crippen LogP contribution in [0.1, 0.15) is 17.5 Å². The van der Waals surface area contributed by atoms with Crippen LogP contribution in [0, 0.1) is 6.92 Å². The first-order valence-electron chi connectivity index (χ1n) is 8.81. The molecular weight excluding hydrogens is 346 g/mol. The number of anilines is 1. The maximum atomic E-state index is 6.40. The molecule has 4 nitrogen and oxygen atoms in total. The Morgan fingerprint density at radius 2 is 2.04 bits per heavy atom. The zero-order valence-corrected chi connectivity index (χ0v) is 15.7. The van der Waals surface area contributed by atoms with Gasteiger partial charge in [0, 0.05) is 28.7 Å². The number of hydrogen-bond acceptors (Lipinski definition) is 4. The van der Waals surface area contributed by atoms with Gasteiger partial charge in [0.2, 0.25) is 5.88 Å². The molecule has 2 aromatic carbocycles. The van der Waals surface area contributed by atoms with Crippen LogP contribution in [0.2, 0.25) is 5.02 Å². The molecule has 26 heavy (non-hydrogen) atoms. The van der Waals surface area contributed by atoms with E-state index in [4.69, 9.17) is 16.3 Å². The number of methoxy groups -OCH3 is 1. The molecule has 0 radical (unpaired) electrons. The molecule has 1 saturated heterocycles. The fraction of sp³-hybridized carbons (Fsp3) is 0.286. The Morgan fingerprint density at radius 3 is 2.81 bits per heavy atom. The van der Waals surface area contributed by atoms with Crippen LogP contribution < -0.4 is 15.4 Å². The minimum Gasteiger partial charge on any atom is -0.481 e. The standard InChI is InChI=1S/C21H22ClN3O/c1-14-17(4-3-5-18(14)22)21(10-11-23-13-21)25-16-8-6-15-7-9-20(26-2)24-19(15)12-16/h3-9,12,23,25H,10-11,13H2,1-2H3. The predicted molar refractivity (Wildman–Crippen MR) is 107 cm³/mol. The van der Waals surface area contributed by atoms with E-state index in [9.17, 15) is 0 Å². The van der Waals surface area contributed by atoms with Gasteiger partial charge in [-0.2, -0.15) is 0 Å². The molecule has 134 valence electrons. The summed E-state index contributed by atoms with van der Waals surface area (Å²) in [6.45, 7) is 3.92. The first kappa shape index (κ1) is 17.1. The highest BCUT2D eigenvalue weighted by Gasteiger charge is 2.37. The smallest absolute Gasteiger partial charge is 0.213 e. The number of nitrogens with one attached hydrogen (secondary N) is 2. The summed E-state index contributed by atoms with van der Waals surface area (Å²) in [6.07, 6.45) is 0.998. The summed E-state index contributed by atoms with van der Waals surface area (Å²) < 4.78 is 5.26. The van der Waals surface area contributed by atoms with Crippen LogP contribution in [-0.4, -0.2) is 25.2 Å². The van der Waals surface area contributed by atoms with E-state index in [-0.39, 0.29) is 5.54 Å². The molecule has 3 aromatic rings. The third-order valence-electron chi connectivity index (χ3n) is 5.20. The van der Waals surface area contributed by atoms with Gasteiger partial charge in [0.15, 0.2) is 0 Å². The normalized spacial score (nSPS) is 19.7. The minimum absolute atomic E-state index is 0.179. The first-order valence-corrected chi connectivity index (χ1v) is 9.18. The molecule has 4 rings (SSSR count).